The smallest absolute Gasteiger partial charge is 0.361 e. The maximum absolute atomic E-state index is 10.8. The number of carboxylic acids is 2. The minimum Gasteiger partial charge on any atom is -0.481 e. The van der Waals surface area contributed by atoms with Crippen LogP contribution < -0.4 is 0 Å². The Bertz CT molecular complexity index is 434. The van der Waals surface area contributed by atoms with Gasteiger partial charge in [-0.15, -0.1) is 0 Å². The number of amides is 4. The summed E-state index contributed by atoms with van der Waals surface area (Å²) in [7, 11) is 6.12. The Kier molecular flexibility index (Phi) is 9.84. The first-order valence-corrected chi connectivity index (χ1v) is 5.46. The summed E-state index contributed by atoms with van der Waals surface area (Å²) in [5, 5.41) is 22.4. The Morgan fingerprint density at radius 3 is 1.38 bits per heavy atom. The van der Waals surface area contributed by atoms with E-state index in [2.05, 4.69) is 16.8 Å². The predicted molar refractivity (Wildman–Crippen MR) is 72.1 cm³/mol. The molecule has 0 heterocycles. The fraction of sp³-hybridized carbons (Fsp3) is 0.455. The van der Waals surface area contributed by atoms with E-state index < -0.39 is 30.4 Å². The molecule has 0 aromatic rings. The quantitative estimate of drug-likeness (QED) is 0.586. The molecule has 0 aromatic heterocycles. The molecule has 0 unspecified atom stereocenters. The van der Waals surface area contributed by atoms with Gasteiger partial charge in [0, 0.05) is 33.8 Å². The number of aliphatic carboxylic acids is 2. The summed E-state index contributed by atoms with van der Waals surface area (Å²) in [4.78, 5) is 43.6. The highest BCUT2D eigenvalue weighted by atomic mass is 16.4. The van der Waals surface area contributed by atoms with Crippen LogP contribution in [0.25, 0.3) is 0 Å². The molecule has 0 atom stereocenters. The third kappa shape index (κ3) is 12.0. The van der Waals surface area contributed by atoms with Crippen molar-refractivity contribution in [2.24, 2.45) is 10.2 Å². The molecule has 0 saturated carbocycles. The highest BCUT2D eigenvalue weighted by molar-refractivity contribution is 5.91. The average Bonchev–Trinajstić information content (AvgIpc) is 2.34. The first kappa shape index (κ1) is 20.5. The van der Waals surface area contributed by atoms with Gasteiger partial charge in [-0.3, -0.25) is 4.79 Å². The van der Waals surface area contributed by atoms with Crippen molar-refractivity contribution in [3.63, 3.8) is 0 Å². The van der Waals surface area contributed by atoms with Crippen LogP contribution in [-0.2, 0) is 9.59 Å². The first-order chi connectivity index (χ1) is 9.48. The van der Waals surface area contributed by atoms with Crippen molar-refractivity contribution in [2.45, 2.75) is 6.42 Å². The number of azo groups is 1. The van der Waals surface area contributed by atoms with Crippen LogP contribution in [0.1, 0.15) is 6.42 Å². The van der Waals surface area contributed by atoms with Crippen molar-refractivity contribution in [2.75, 3.05) is 28.2 Å². The molecular formula is C11H18N4O6. The van der Waals surface area contributed by atoms with Crippen LogP contribution >= 0.6 is 0 Å². The Balaban J connectivity index is 0. The molecule has 10 nitrogen and oxygen atoms in total. The molecule has 0 aliphatic rings. The van der Waals surface area contributed by atoms with Gasteiger partial charge in [-0.25, -0.2) is 14.4 Å². The maximum atomic E-state index is 10.8. The van der Waals surface area contributed by atoms with Gasteiger partial charge in [-0.1, -0.05) is 16.8 Å². The number of hydrogen-bond acceptors (Lipinski definition) is 4. The van der Waals surface area contributed by atoms with E-state index >= 15 is 0 Å². The van der Waals surface area contributed by atoms with Crippen LogP contribution in [0.3, 0.4) is 0 Å². The molecule has 0 rings (SSSR count). The average molecular weight is 302 g/mol. The SMILES string of the molecule is C=C(CC(=O)O)C(=O)O.CN(C)C(=O)N=NC(=O)N(C)C. The summed E-state index contributed by atoms with van der Waals surface area (Å²) in [6, 6.07) is -1.10. The zero-order valence-electron chi connectivity index (χ0n) is 12.2. The summed E-state index contributed by atoms with van der Waals surface area (Å²) in [6.07, 6.45) is -0.505. The molecule has 0 aromatic carbocycles. The molecule has 0 fully saturated rings. The van der Waals surface area contributed by atoms with Gasteiger partial charge in [0.25, 0.3) is 0 Å². The zero-order valence-corrected chi connectivity index (χ0v) is 12.2. The Labute approximate surface area is 121 Å². The van der Waals surface area contributed by atoms with Gasteiger partial charge in [0.05, 0.1) is 6.42 Å². The van der Waals surface area contributed by atoms with Crippen LogP contribution in [0, 0.1) is 0 Å². The van der Waals surface area contributed by atoms with Crippen LogP contribution in [0.2, 0.25) is 0 Å². The third-order valence-corrected chi connectivity index (χ3v) is 1.65. The van der Waals surface area contributed by atoms with Gasteiger partial charge in [0.1, 0.15) is 0 Å². The monoisotopic (exact) mass is 302 g/mol. The summed E-state index contributed by atoms with van der Waals surface area (Å²) in [6.45, 7) is 3.01. The Morgan fingerprint density at radius 1 is 0.905 bits per heavy atom. The molecule has 0 bridgehead atoms. The molecule has 4 amide bonds. The van der Waals surface area contributed by atoms with Crippen LogP contribution in [0.5, 0.6) is 0 Å². The second kappa shape index (κ2) is 10.1. The third-order valence-electron chi connectivity index (χ3n) is 1.65. The van der Waals surface area contributed by atoms with Crippen molar-refractivity contribution in [3.05, 3.63) is 12.2 Å². The number of rotatable bonds is 3. The van der Waals surface area contributed by atoms with Crippen molar-refractivity contribution in [1.82, 2.24) is 9.80 Å². The lowest BCUT2D eigenvalue weighted by Crippen LogP contribution is -2.20. The van der Waals surface area contributed by atoms with Gasteiger partial charge < -0.3 is 20.0 Å². The number of nitrogens with zero attached hydrogens (tertiary/aromatic N) is 4. The largest absolute Gasteiger partial charge is 0.481 e. The van der Waals surface area contributed by atoms with Crippen molar-refractivity contribution >= 4 is 24.0 Å². The van der Waals surface area contributed by atoms with Gasteiger partial charge in [0.2, 0.25) is 0 Å². The van der Waals surface area contributed by atoms with Gasteiger partial charge in [-0.05, 0) is 0 Å². The van der Waals surface area contributed by atoms with Crippen molar-refractivity contribution in [1.29, 1.82) is 0 Å². The van der Waals surface area contributed by atoms with Crippen molar-refractivity contribution in [3.8, 4) is 0 Å². The molecule has 0 aliphatic heterocycles. The van der Waals surface area contributed by atoms with Crippen molar-refractivity contribution < 1.29 is 29.4 Å². The summed E-state index contributed by atoms with van der Waals surface area (Å²) in [5.41, 5.74) is -0.303. The fourth-order valence-electron chi connectivity index (χ4n) is 0.523. The molecule has 0 aliphatic carbocycles. The van der Waals surface area contributed by atoms with E-state index in [0.717, 1.165) is 0 Å². The topological polar surface area (TPSA) is 140 Å². The molecule has 0 spiro atoms. The van der Waals surface area contributed by atoms with E-state index in [-0.39, 0.29) is 5.57 Å². The molecular weight excluding hydrogens is 284 g/mol. The number of hydrogen-bond donors (Lipinski definition) is 2. The molecule has 10 heteroatoms. The maximum Gasteiger partial charge on any atom is 0.361 e. The molecule has 2 N–H and O–H groups in total. The molecule has 0 saturated heterocycles. The van der Waals surface area contributed by atoms with Crippen LogP contribution in [0.4, 0.5) is 9.59 Å². The second-order valence-corrected chi connectivity index (χ2v) is 4.03. The Hall–Kier alpha value is -2.78. The zero-order chi connectivity index (χ0) is 17.2. The first-order valence-electron chi connectivity index (χ1n) is 5.46. The van der Waals surface area contributed by atoms with Gasteiger partial charge in [-0.2, -0.15) is 0 Å². The fourth-order valence-corrected chi connectivity index (χ4v) is 0.523. The lowest BCUT2D eigenvalue weighted by Gasteiger charge is -2.05. The normalized spacial score (nSPS) is 9.33. The number of urea groups is 2. The van der Waals surface area contributed by atoms with E-state index in [1.165, 1.54) is 38.0 Å². The van der Waals surface area contributed by atoms with E-state index in [0.29, 0.717) is 0 Å². The van der Waals surface area contributed by atoms with Crippen LogP contribution in [-0.4, -0.2) is 72.2 Å². The summed E-state index contributed by atoms with van der Waals surface area (Å²) < 4.78 is 0. The molecule has 118 valence electrons. The standard InChI is InChI=1S/C6H12N4O2.C5H6O4/c1-9(2)5(11)7-8-6(12)10(3)4;1-3(5(8)9)2-4(6)7/h1-4H3;1-2H2,(H,6,7)(H,8,9). The summed E-state index contributed by atoms with van der Waals surface area (Å²) >= 11 is 0. The minimum atomic E-state index is -1.27. The highest BCUT2D eigenvalue weighted by Gasteiger charge is 2.07. The lowest BCUT2D eigenvalue weighted by atomic mass is 10.2. The van der Waals surface area contributed by atoms with Gasteiger partial charge >= 0.3 is 24.0 Å². The van der Waals surface area contributed by atoms with E-state index in [4.69, 9.17) is 10.2 Å². The predicted octanol–water partition coefficient (Wildman–Crippen LogP) is 0.904. The number of carbonyl (C=O) groups is 4. The van der Waals surface area contributed by atoms with Crippen LogP contribution in [0.15, 0.2) is 22.4 Å². The lowest BCUT2D eigenvalue weighted by molar-refractivity contribution is -0.139. The minimum absolute atomic E-state index is 0.303. The molecule has 21 heavy (non-hydrogen) atoms. The molecule has 0 radical (unpaired) electrons. The van der Waals surface area contributed by atoms with Gasteiger partial charge in [0.15, 0.2) is 0 Å². The van der Waals surface area contributed by atoms with E-state index in [1.807, 2.05) is 0 Å². The second-order valence-electron chi connectivity index (χ2n) is 4.03. The van der Waals surface area contributed by atoms with E-state index in [9.17, 15) is 19.2 Å². The Morgan fingerprint density at radius 2 is 1.24 bits per heavy atom. The highest BCUT2D eigenvalue weighted by Crippen LogP contribution is 1.95. The number of carbonyl (C=O) groups excluding carboxylic acids is 2. The van der Waals surface area contributed by atoms with E-state index in [1.54, 1.807) is 0 Å². The summed E-state index contributed by atoms with van der Waals surface area (Å²) in [5.74, 6) is -2.44. The number of carboxylic acid groups (broad SMARTS) is 2.